The molecule has 0 spiro atoms. The highest BCUT2D eigenvalue weighted by molar-refractivity contribution is 5.92. The van der Waals surface area contributed by atoms with Crippen LogP contribution in [0.15, 0.2) is 18.2 Å². The highest BCUT2D eigenvalue weighted by Gasteiger charge is 2.26. The lowest BCUT2D eigenvalue weighted by molar-refractivity contribution is -0.117. The van der Waals surface area contributed by atoms with E-state index in [0.717, 1.165) is 19.5 Å². The van der Waals surface area contributed by atoms with Crippen LogP contribution in [0.25, 0.3) is 0 Å². The SMILES string of the molecule is Cc1ccc(NC(=O)CN2CCC(C)C(CN)C2)cc1F. The van der Waals surface area contributed by atoms with Crippen LogP contribution in [0.2, 0.25) is 0 Å². The molecule has 1 aromatic carbocycles. The van der Waals surface area contributed by atoms with Gasteiger partial charge in [0.25, 0.3) is 0 Å². The Labute approximate surface area is 125 Å². The van der Waals surface area contributed by atoms with Gasteiger partial charge in [-0.1, -0.05) is 13.0 Å². The van der Waals surface area contributed by atoms with E-state index in [2.05, 4.69) is 17.1 Å². The van der Waals surface area contributed by atoms with Crippen molar-refractivity contribution < 1.29 is 9.18 Å². The molecule has 21 heavy (non-hydrogen) atoms. The van der Waals surface area contributed by atoms with Crippen LogP contribution < -0.4 is 11.1 Å². The number of carbonyl (C=O) groups excluding carboxylic acids is 1. The van der Waals surface area contributed by atoms with Crippen molar-refractivity contribution in [1.29, 1.82) is 0 Å². The van der Waals surface area contributed by atoms with E-state index < -0.39 is 0 Å². The lowest BCUT2D eigenvalue weighted by Gasteiger charge is -2.36. The number of likely N-dealkylation sites (tertiary alicyclic amines) is 1. The third-order valence-corrected chi connectivity index (χ3v) is 4.32. The van der Waals surface area contributed by atoms with E-state index in [4.69, 9.17) is 5.73 Å². The van der Waals surface area contributed by atoms with Gasteiger partial charge in [-0.3, -0.25) is 9.69 Å². The van der Waals surface area contributed by atoms with Crippen LogP contribution in [0.1, 0.15) is 18.9 Å². The number of piperidine rings is 1. The number of nitrogens with zero attached hydrogens (tertiary/aromatic N) is 1. The summed E-state index contributed by atoms with van der Waals surface area (Å²) >= 11 is 0. The van der Waals surface area contributed by atoms with Gasteiger partial charge in [-0.25, -0.2) is 4.39 Å². The van der Waals surface area contributed by atoms with Crippen molar-refractivity contribution in [3.8, 4) is 0 Å². The fourth-order valence-corrected chi connectivity index (χ4v) is 2.75. The Bertz CT molecular complexity index is 506. The molecule has 116 valence electrons. The van der Waals surface area contributed by atoms with Crippen LogP contribution >= 0.6 is 0 Å². The first-order chi connectivity index (χ1) is 9.99. The van der Waals surface area contributed by atoms with Crippen molar-refractivity contribution in [2.75, 3.05) is 31.5 Å². The molecule has 0 saturated carbocycles. The van der Waals surface area contributed by atoms with E-state index in [-0.39, 0.29) is 11.7 Å². The predicted octanol–water partition coefficient (Wildman–Crippen LogP) is 1.99. The van der Waals surface area contributed by atoms with E-state index >= 15 is 0 Å². The minimum atomic E-state index is -0.303. The van der Waals surface area contributed by atoms with Gasteiger partial charge in [0.15, 0.2) is 0 Å². The van der Waals surface area contributed by atoms with Crippen LogP contribution in [0.5, 0.6) is 0 Å². The van der Waals surface area contributed by atoms with Gasteiger partial charge in [0.1, 0.15) is 5.82 Å². The summed E-state index contributed by atoms with van der Waals surface area (Å²) in [6.07, 6.45) is 1.06. The van der Waals surface area contributed by atoms with Gasteiger partial charge in [-0.15, -0.1) is 0 Å². The molecule has 1 aliphatic heterocycles. The number of rotatable bonds is 4. The lowest BCUT2D eigenvalue weighted by Crippen LogP contribution is -2.45. The number of amides is 1. The van der Waals surface area contributed by atoms with Gasteiger partial charge in [0.05, 0.1) is 6.54 Å². The maximum absolute atomic E-state index is 13.5. The molecule has 1 heterocycles. The monoisotopic (exact) mass is 293 g/mol. The number of hydrogen-bond donors (Lipinski definition) is 2. The summed E-state index contributed by atoms with van der Waals surface area (Å²) in [5.41, 5.74) is 6.85. The van der Waals surface area contributed by atoms with Gasteiger partial charge in [-0.2, -0.15) is 0 Å². The number of nitrogens with one attached hydrogen (secondary N) is 1. The smallest absolute Gasteiger partial charge is 0.238 e. The molecule has 2 rings (SSSR count). The molecule has 0 radical (unpaired) electrons. The molecule has 4 nitrogen and oxygen atoms in total. The zero-order chi connectivity index (χ0) is 15.4. The third-order valence-electron chi connectivity index (χ3n) is 4.32. The summed E-state index contributed by atoms with van der Waals surface area (Å²) in [7, 11) is 0. The molecule has 5 heteroatoms. The van der Waals surface area contributed by atoms with Crippen molar-refractivity contribution in [1.82, 2.24) is 4.90 Å². The van der Waals surface area contributed by atoms with Crippen LogP contribution in [-0.4, -0.2) is 37.0 Å². The first-order valence-corrected chi connectivity index (χ1v) is 7.48. The molecule has 2 atom stereocenters. The Morgan fingerprint density at radius 3 is 2.95 bits per heavy atom. The fourth-order valence-electron chi connectivity index (χ4n) is 2.75. The maximum Gasteiger partial charge on any atom is 0.238 e. The first-order valence-electron chi connectivity index (χ1n) is 7.48. The van der Waals surface area contributed by atoms with Gasteiger partial charge in [0, 0.05) is 12.2 Å². The van der Waals surface area contributed by atoms with Crippen LogP contribution in [-0.2, 0) is 4.79 Å². The van der Waals surface area contributed by atoms with E-state index in [1.54, 1.807) is 19.1 Å². The second-order valence-corrected chi connectivity index (χ2v) is 6.01. The predicted molar refractivity (Wildman–Crippen MR) is 82.5 cm³/mol. The zero-order valence-electron chi connectivity index (χ0n) is 12.7. The largest absolute Gasteiger partial charge is 0.330 e. The highest BCUT2D eigenvalue weighted by atomic mass is 19.1. The van der Waals surface area contributed by atoms with Crippen molar-refractivity contribution in [3.05, 3.63) is 29.6 Å². The van der Waals surface area contributed by atoms with Crippen molar-refractivity contribution >= 4 is 11.6 Å². The Morgan fingerprint density at radius 2 is 2.29 bits per heavy atom. The Morgan fingerprint density at radius 1 is 1.52 bits per heavy atom. The van der Waals surface area contributed by atoms with Crippen LogP contribution in [0.3, 0.4) is 0 Å². The summed E-state index contributed by atoms with van der Waals surface area (Å²) in [6, 6.07) is 4.74. The Kier molecular flexibility index (Phi) is 5.31. The van der Waals surface area contributed by atoms with Gasteiger partial charge in [0.2, 0.25) is 5.91 Å². The minimum absolute atomic E-state index is 0.108. The standard InChI is InChI=1S/C16H24FN3O/c1-11-5-6-20(9-13(11)8-18)10-16(21)19-14-4-3-12(2)15(17)7-14/h3-4,7,11,13H,5-6,8-10,18H2,1-2H3,(H,19,21). The summed E-state index contributed by atoms with van der Waals surface area (Å²) < 4.78 is 13.5. The highest BCUT2D eigenvalue weighted by Crippen LogP contribution is 2.22. The molecule has 1 aliphatic rings. The lowest BCUT2D eigenvalue weighted by atomic mass is 9.87. The average molecular weight is 293 g/mol. The molecule has 1 saturated heterocycles. The second kappa shape index (κ2) is 7.00. The van der Waals surface area contributed by atoms with Crippen LogP contribution in [0.4, 0.5) is 10.1 Å². The quantitative estimate of drug-likeness (QED) is 0.892. The molecule has 0 bridgehead atoms. The summed E-state index contributed by atoms with van der Waals surface area (Å²) in [5.74, 6) is 0.648. The van der Waals surface area contributed by atoms with Gasteiger partial charge >= 0.3 is 0 Å². The fraction of sp³-hybridized carbons (Fsp3) is 0.562. The van der Waals surface area contributed by atoms with Crippen molar-refractivity contribution in [2.24, 2.45) is 17.6 Å². The normalized spacial score (nSPS) is 23.0. The van der Waals surface area contributed by atoms with E-state index in [9.17, 15) is 9.18 Å². The summed E-state index contributed by atoms with van der Waals surface area (Å²) in [6.45, 7) is 6.66. The molecular formula is C16H24FN3O. The molecule has 2 unspecified atom stereocenters. The topological polar surface area (TPSA) is 58.4 Å². The molecule has 3 N–H and O–H groups in total. The summed E-state index contributed by atoms with van der Waals surface area (Å²) in [4.78, 5) is 14.2. The molecule has 1 amide bonds. The number of halogens is 1. The van der Waals surface area contributed by atoms with Gasteiger partial charge in [-0.05, 0) is 56.0 Å². The number of anilines is 1. The average Bonchev–Trinajstić information content (AvgIpc) is 2.45. The van der Waals surface area contributed by atoms with Crippen LogP contribution in [0, 0.1) is 24.6 Å². The summed E-state index contributed by atoms with van der Waals surface area (Å²) in [5, 5.41) is 2.75. The molecular weight excluding hydrogens is 269 g/mol. The number of nitrogens with two attached hydrogens (primary N) is 1. The van der Waals surface area contributed by atoms with Gasteiger partial charge < -0.3 is 11.1 Å². The molecule has 0 aromatic heterocycles. The minimum Gasteiger partial charge on any atom is -0.330 e. The van der Waals surface area contributed by atoms with E-state index in [1.807, 2.05) is 0 Å². The Balaban J connectivity index is 1.88. The van der Waals surface area contributed by atoms with E-state index in [1.165, 1.54) is 6.07 Å². The van der Waals surface area contributed by atoms with Crippen molar-refractivity contribution in [2.45, 2.75) is 20.3 Å². The maximum atomic E-state index is 13.5. The van der Waals surface area contributed by atoms with E-state index in [0.29, 0.717) is 36.2 Å². The first kappa shape index (κ1) is 15.9. The Hall–Kier alpha value is -1.46. The molecule has 1 aromatic rings. The number of aryl methyl sites for hydroxylation is 1. The number of hydrogen-bond acceptors (Lipinski definition) is 3. The second-order valence-electron chi connectivity index (χ2n) is 6.01. The third kappa shape index (κ3) is 4.25. The number of carbonyl (C=O) groups is 1. The molecule has 0 aliphatic carbocycles. The van der Waals surface area contributed by atoms with Crippen molar-refractivity contribution in [3.63, 3.8) is 0 Å². The number of benzene rings is 1. The molecule has 1 fully saturated rings. The zero-order valence-corrected chi connectivity index (χ0v) is 12.7.